The van der Waals surface area contributed by atoms with Crippen molar-refractivity contribution < 1.29 is 4.79 Å². The minimum atomic E-state index is -0.289. The van der Waals surface area contributed by atoms with Crippen molar-refractivity contribution in [1.82, 2.24) is 25.5 Å². The normalized spacial score (nSPS) is 13.0. The Morgan fingerprint density at radius 2 is 1.87 bits per heavy atom. The highest BCUT2D eigenvalue weighted by Crippen LogP contribution is 2.26. The van der Waals surface area contributed by atoms with E-state index in [1.807, 2.05) is 59.7 Å². The summed E-state index contributed by atoms with van der Waals surface area (Å²) in [7, 11) is 0. The average Bonchev–Trinajstić information content (AvgIpc) is 2.84. The summed E-state index contributed by atoms with van der Waals surface area (Å²) in [6.07, 6.45) is 0. The molecule has 0 saturated carbocycles. The summed E-state index contributed by atoms with van der Waals surface area (Å²) in [4.78, 5) is 12.3. The predicted molar refractivity (Wildman–Crippen MR) is 91.8 cm³/mol. The molecule has 0 spiro atoms. The van der Waals surface area contributed by atoms with Gasteiger partial charge in [-0.05, 0) is 63.1 Å². The first kappa shape index (κ1) is 17.5. The van der Waals surface area contributed by atoms with Crippen LogP contribution in [0.3, 0.4) is 0 Å². The van der Waals surface area contributed by atoms with Crippen molar-refractivity contribution in [3.05, 3.63) is 29.3 Å². The maximum atomic E-state index is 12.3. The second kappa shape index (κ2) is 6.70. The molecule has 2 rings (SSSR count). The third-order valence-corrected chi connectivity index (χ3v) is 4.27. The first-order valence-electron chi connectivity index (χ1n) is 7.52. The van der Waals surface area contributed by atoms with Gasteiger partial charge < -0.3 is 5.32 Å². The van der Waals surface area contributed by atoms with Crippen molar-refractivity contribution in [3.8, 4) is 5.69 Å². The highest BCUT2D eigenvalue weighted by Gasteiger charge is 2.23. The van der Waals surface area contributed by atoms with Crippen LogP contribution >= 0.6 is 11.8 Å². The Morgan fingerprint density at radius 1 is 1.26 bits per heavy atom. The lowest BCUT2D eigenvalue weighted by Gasteiger charge is -2.22. The number of hydrogen-bond acceptors (Lipinski definition) is 5. The topological polar surface area (TPSA) is 72.7 Å². The van der Waals surface area contributed by atoms with E-state index < -0.39 is 0 Å². The molecule has 1 amide bonds. The zero-order chi connectivity index (χ0) is 17.2. The minimum absolute atomic E-state index is 0.0291. The molecule has 1 aromatic heterocycles. The van der Waals surface area contributed by atoms with E-state index in [9.17, 15) is 4.79 Å². The minimum Gasteiger partial charge on any atom is -0.351 e. The Bertz CT molecular complexity index is 684. The molecule has 124 valence electrons. The lowest BCUT2D eigenvalue weighted by atomic mass is 10.1. The van der Waals surface area contributed by atoms with Crippen LogP contribution in [0.5, 0.6) is 0 Å². The number of nitrogens with zero attached hydrogens (tertiary/aromatic N) is 4. The van der Waals surface area contributed by atoms with Gasteiger partial charge in [0.15, 0.2) is 0 Å². The number of benzene rings is 1. The van der Waals surface area contributed by atoms with Crippen LogP contribution in [0.4, 0.5) is 0 Å². The van der Waals surface area contributed by atoms with Crippen LogP contribution in [0.25, 0.3) is 5.69 Å². The quantitative estimate of drug-likeness (QED) is 0.871. The van der Waals surface area contributed by atoms with Gasteiger partial charge in [-0.1, -0.05) is 30.0 Å². The molecule has 0 aliphatic heterocycles. The van der Waals surface area contributed by atoms with Crippen LogP contribution in [-0.4, -0.2) is 36.9 Å². The lowest BCUT2D eigenvalue weighted by Crippen LogP contribution is -2.44. The Morgan fingerprint density at radius 3 is 2.43 bits per heavy atom. The van der Waals surface area contributed by atoms with Gasteiger partial charge in [-0.25, -0.2) is 0 Å². The highest BCUT2D eigenvalue weighted by atomic mass is 32.2. The first-order valence-corrected chi connectivity index (χ1v) is 8.40. The average molecular weight is 333 g/mol. The number of amides is 1. The molecule has 0 aliphatic rings. The third-order valence-electron chi connectivity index (χ3n) is 3.24. The fourth-order valence-corrected chi connectivity index (χ4v) is 3.01. The van der Waals surface area contributed by atoms with Gasteiger partial charge in [-0.3, -0.25) is 4.79 Å². The number of aryl methyl sites for hydroxylation is 2. The Labute approximate surface area is 141 Å². The second-order valence-electron chi connectivity index (χ2n) is 6.61. The maximum Gasteiger partial charge on any atom is 0.233 e. The van der Waals surface area contributed by atoms with Gasteiger partial charge in [0.25, 0.3) is 0 Å². The summed E-state index contributed by atoms with van der Waals surface area (Å²) in [5.41, 5.74) is 2.88. The summed E-state index contributed by atoms with van der Waals surface area (Å²) < 4.78 is 1.70. The number of thioether (sulfide) groups is 1. The molecule has 0 aliphatic carbocycles. The Hall–Kier alpha value is -1.89. The molecule has 1 atom stereocenters. The fourth-order valence-electron chi connectivity index (χ4n) is 2.22. The molecule has 1 N–H and O–H groups in total. The third kappa shape index (κ3) is 4.31. The highest BCUT2D eigenvalue weighted by molar-refractivity contribution is 8.00. The van der Waals surface area contributed by atoms with Crippen LogP contribution < -0.4 is 5.32 Å². The molecule has 6 nitrogen and oxygen atoms in total. The van der Waals surface area contributed by atoms with Crippen molar-refractivity contribution in [3.63, 3.8) is 0 Å². The van der Waals surface area contributed by atoms with E-state index in [1.165, 1.54) is 11.8 Å². The van der Waals surface area contributed by atoms with Gasteiger partial charge >= 0.3 is 0 Å². The molecule has 23 heavy (non-hydrogen) atoms. The number of tetrazole rings is 1. The molecule has 0 radical (unpaired) electrons. The zero-order valence-corrected chi connectivity index (χ0v) is 15.2. The van der Waals surface area contributed by atoms with Crippen LogP contribution in [0.15, 0.2) is 23.4 Å². The summed E-state index contributed by atoms with van der Waals surface area (Å²) in [5.74, 6) is -0.0291. The lowest BCUT2D eigenvalue weighted by molar-refractivity contribution is -0.121. The number of carbonyl (C=O) groups excluding carboxylic acids is 1. The van der Waals surface area contributed by atoms with Gasteiger partial charge in [0.2, 0.25) is 11.1 Å². The van der Waals surface area contributed by atoms with Gasteiger partial charge in [-0.2, -0.15) is 4.68 Å². The van der Waals surface area contributed by atoms with E-state index in [2.05, 4.69) is 20.8 Å². The van der Waals surface area contributed by atoms with Gasteiger partial charge in [0, 0.05) is 5.54 Å². The van der Waals surface area contributed by atoms with Gasteiger partial charge in [0.1, 0.15) is 0 Å². The molecule has 1 heterocycles. The SMILES string of the molecule is Cc1cccc(C)c1-n1nnnc1SC(C)C(=O)NC(C)(C)C. The van der Waals surface area contributed by atoms with E-state index in [1.54, 1.807) is 4.68 Å². The molecule has 1 aromatic carbocycles. The van der Waals surface area contributed by atoms with Crippen molar-refractivity contribution in [2.45, 2.75) is 57.5 Å². The molecule has 0 fully saturated rings. The van der Waals surface area contributed by atoms with Crippen LogP contribution in [0.2, 0.25) is 0 Å². The maximum absolute atomic E-state index is 12.3. The summed E-state index contributed by atoms with van der Waals surface area (Å²) in [5, 5.41) is 15.3. The zero-order valence-electron chi connectivity index (χ0n) is 14.4. The molecule has 2 aromatic rings. The predicted octanol–water partition coefficient (Wildman–Crippen LogP) is 2.67. The molecular weight excluding hydrogens is 310 g/mol. The second-order valence-corrected chi connectivity index (χ2v) is 7.92. The summed E-state index contributed by atoms with van der Waals surface area (Å²) in [6.45, 7) is 11.8. The van der Waals surface area contributed by atoms with Crippen molar-refractivity contribution in [2.75, 3.05) is 0 Å². The van der Waals surface area contributed by atoms with E-state index in [0.29, 0.717) is 5.16 Å². The number of hydrogen-bond donors (Lipinski definition) is 1. The number of carbonyl (C=O) groups is 1. The van der Waals surface area contributed by atoms with E-state index in [0.717, 1.165) is 16.8 Å². The largest absolute Gasteiger partial charge is 0.351 e. The number of aromatic nitrogens is 4. The molecule has 7 heteroatoms. The van der Waals surface area contributed by atoms with E-state index in [4.69, 9.17) is 0 Å². The van der Waals surface area contributed by atoms with Gasteiger partial charge in [-0.15, -0.1) is 5.10 Å². The van der Waals surface area contributed by atoms with Crippen molar-refractivity contribution in [2.24, 2.45) is 0 Å². The summed E-state index contributed by atoms with van der Waals surface area (Å²) in [6, 6.07) is 6.05. The number of nitrogens with one attached hydrogen (secondary N) is 1. The fraction of sp³-hybridized carbons (Fsp3) is 0.500. The summed E-state index contributed by atoms with van der Waals surface area (Å²) >= 11 is 1.35. The Kier molecular flexibility index (Phi) is 5.09. The molecular formula is C16H23N5OS. The first-order chi connectivity index (χ1) is 10.7. The van der Waals surface area contributed by atoms with Crippen LogP contribution in [-0.2, 0) is 4.79 Å². The molecule has 0 bridgehead atoms. The number of para-hydroxylation sites is 1. The van der Waals surface area contributed by atoms with Crippen molar-refractivity contribution >= 4 is 17.7 Å². The van der Waals surface area contributed by atoms with E-state index >= 15 is 0 Å². The standard InChI is InChI=1S/C16H23N5OS/c1-10-8-7-9-11(2)13(10)21-15(18-19-20-21)23-12(3)14(22)17-16(4,5)6/h7-9,12H,1-6H3,(H,17,22). The Balaban J connectivity index is 2.24. The smallest absolute Gasteiger partial charge is 0.233 e. The van der Waals surface area contributed by atoms with Crippen LogP contribution in [0, 0.1) is 13.8 Å². The number of rotatable bonds is 4. The van der Waals surface area contributed by atoms with Gasteiger partial charge in [0.05, 0.1) is 10.9 Å². The molecule has 0 saturated heterocycles. The van der Waals surface area contributed by atoms with Crippen molar-refractivity contribution in [1.29, 1.82) is 0 Å². The van der Waals surface area contributed by atoms with Crippen LogP contribution in [0.1, 0.15) is 38.8 Å². The van der Waals surface area contributed by atoms with E-state index in [-0.39, 0.29) is 16.7 Å². The molecule has 1 unspecified atom stereocenters. The monoisotopic (exact) mass is 333 g/mol.